The summed E-state index contributed by atoms with van der Waals surface area (Å²) in [7, 11) is 0. The van der Waals surface area contributed by atoms with Crippen molar-refractivity contribution in [3.05, 3.63) is 35.9 Å². The summed E-state index contributed by atoms with van der Waals surface area (Å²) in [4.78, 5) is 11.6. The van der Waals surface area contributed by atoms with E-state index in [1.54, 1.807) is 30.3 Å². The van der Waals surface area contributed by atoms with E-state index >= 15 is 0 Å². The van der Waals surface area contributed by atoms with E-state index in [0.717, 1.165) is 4.90 Å². The normalized spacial score (nSPS) is 10.6. The summed E-state index contributed by atoms with van der Waals surface area (Å²) in [5, 5.41) is 8.80. The average molecular weight is 286 g/mol. The van der Waals surface area contributed by atoms with Crippen LogP contribution in [0.15, 0.2) is 30.3 Å². The Morgan fingerprint density at radius 3 is 2.22 bits per heavy atom. The third-order valence-electron chi connectivity index (χ3n) is 2.21. The molecular weight excluding hydrogens is 273 g/mol. The van der Waals surface area contributed by atoms with Gasteiger partial charge in [-0.3, -0.25) is 0 Å². The zero-order valence-electron chi connectivity index (χ0n) is 9.02. The number of nitrogens with zero attached hydrogens (tertiary/aromatic N) is 1. The van der Waals surface area contributed by atoms with Gasteiger partial charge in [-0.1, -0.05) is 36.7 Å². The number of hydrogen-bond donors (Lipinski definition) is 1. The Labute approximate surface area is 146 Å². The summed E-state index contributed by atoms with van der Waals surface area (Å²) in [6.45, 7) is -5.49. The molecule has 1 aromatic rings. The van der Waals surface area contributed by atoms with Crippen molar-refractivity contribution in [1.82, 2.24) is 4.90 Å². The molecule has 96 valence electrons. The van der Waals surface area contributed by atoms with Gasteiger partial charge in [0, 0.05) is 13.1 Å². The first-order valence-corrected chi connectivity index (χ1v) is 5.11. The summed E-state index contributed by atoms with van der Waals surface area (Å²) in [6.07, 6.45) is -2.41. The summed E-state index contributed by atoms with van der Waals surface area (Å²) in [6, 6.07) is 8.53. The Morgan fingerprint density at radius 2 is 1.78 bits per heavy atom. The van der Waals surface area contributed by atoms with Gasteiger partial charge in [-0.25, -0.2) is 4.79 Å². The maximum atomic E-state index is 12.1. The predicted molar refractivity (Wildman–Crippen MR) is 65.9 cm³/mol. The Kier molecular flexibility index (Phi) is 8.20. The van der Waals surface area contributed by atoms with Gasteiger partial charge in [0.2, 0.25) is 0 Å². The van der Waals surface area contributed by atoms with Gasteiger partial charge < -0.3 is 23.0 Å². The van der Waals surface area contributed by atoms with Gasteiger partial charge in [0.05, 0.1) is 0 Å². The maximum absolute atomic E-state index is 12.1. The molecule has 0 radical (unpaired) electrons. The van der Waals surface area contributed by atoms with E-state index < -0.39 is 25.9 Å². The molecule has 0 unspecified atom stereocenters. The van der Waals surface area contributed by atoms with Crippen LogP contribution in [0.25, 0.3) is 0 Å². The van der Waals surface area contributed by atoms with E-state index in [-0.39, 0.29) is 57.9 Å². The monoisotopic (exact) mass is 286 g/mol. The van der Waals surface area contributed by atoms with Crippen LogP contribution < -0.4 is 0 Å². The standard InChI is InChI=1S/C10H12BF3NO2.K.H/c12-11(13,14)6-7-15(10(16)17)8-9-4-2-1-3-5-9;;/h1-5H,6-8H2,(H,16,17);;/q-1;;. The average Bonchev–Trinajstić information content (AvgIpc) is 2.24. The van der Waals surface area contributed by atoms with Crippen LogP contribution in [0.1, 0.15) is 5.56 Å². The van der Waals surface area contributed by atoms with Crippen molar-refractivity contribution in [1.29, 1.82) is 0 Å². The van der Waals surface area contributed by atoms with Gasteiger partial charge in [0.25, 0.3) is 0 Å². The van der Waals surface area contributed by atoms with Crippen LogP contribution in [0.4, 0.5) is 17.7 Å². The molecule has 8 heteroatoms. The molecule has 0 aliphatic heterocycles. The summed E-state index contributed by atoms with van der Waals surface area (Å²) >= 11 is 0. The number of amides is 1. The van der Waals surface area contributed by atoms with Crippen molar-refractivity contribution in [3.63, 3.8) is 0 Å². The molecule has 1 N–H and O–H groups in total. The molecule has 1 aromatic carbocycles. The molecule has 0 aliphatic carbocycles. The molecule has 0 saturated carbocycles. The number of halogens is 3. The van der Waals surface area contributed by atoms with Gasteiger partial charge in [0.15, 0.2) is 0 Å². The van der Waals surface area contributed by atoms with E-state index in [1.165, 1.54) is 0 Å². The molecule has 0 fully saturated rings. The van der Waals surface area contributed by atoms with E-state index in [4.69, 9.17) is 5.11 Å². The number of hydrogen-bond acceptors (Lipinski definition) is 1. The minimum atomic E-state index is -4.95. The van der Waals surface area contributed by atoms with Crippen molar-refractivity contribution in [2.45, 2.75) is 12.9 Å². The third kappa shape index (κ3) is 7.42. The Hall–Kier alpha value is -0.0187. The second-order valence-electron chi connectivity index (χ2n) is 3.69. The third-order valence-corrected chi connectivity index (χ3v) is 2.21. The number of carbonyl (C=O) groups is 1. The van der Waals surface area contributed by atoms with Crippen molar-refractivity contribution in [3.8, 4) is 0 Å². The first-order chi connectivity index (χ1) is 7.88. The Balaban J connectivity index is 0.00000289. The fourth-order valence-corrected chi connectivity index (χ4v) is 1.35. The molecule has 0 heterocycles. The predicted octanol–water partition coefficient (Wildman–Crippen LogP) is 2.37. The molecule has 0 aromatic heterocycles. The van der Waals surface area contributed by atoms with Gasteiger partial charge >= 0.3 is 64.5 Å². The van der Waals surface area contributed by atoms with Crippen LogP contribution in [-0.4, -0.2) is 81.0 Å². The molecular formula is C10H13BF3KNO2-. The first-order valence-electron chi connectivity index (χ1n) is 5.11. The molecule has 18 heavy (non-hydrogen) atoms. The van der Waals surface area contributed by atoms with Gasteiger partial charge in [-0.15, -0.1) is 0 Å². The fourth-order valence-electron chi connectivity index (χ4n) is 1.35. The Morgan fingerprint density at radius 1 is 1.22 bits per heavy atom. The van der Waals surface area contributed by atoms with Crippen molar-refractivity contribution < 1.29 is 22.8 Å². The van der Waals surface area contributed by atoms with Crippen LogP contribution >= 0.6 is 0 Å². The second kappa shape index (κ2) is 8.21. The van der Waals surface area contributed by atoms with E-state index in [2.05, 4.69) is 0 Å². The molecule has 0 atom stereocenters. The molecule has 1 amide bonds. The zero-order chi connectivity index (χ0) is 12.9. The quantitative estimate of drug-likeness (QED) is 0.844. The number of benzene rings is 1. The van der Waals surface area contributed by atoms with Gasteiger partial charge in [-0.2, -0.15) is 0 Å². The molecule has 1 rings (SSSR count). The van der Waals surface area contributed by atoms with Crippen LogP contribution in [-0.2, 0) is 6.54 Å². The van der Waals surface area contributed by atoms with Crippen LogP contribution in [0, 0.1) is 0 Å². The molecule has 3 nitrogen and oxygen atoms in total. The van der Waals surface area contributed by atoms with E-state index in [9.17, 15) is 17.7 Å². The van der Waals surface area contributed by atoms with E-state index in [0.29, 0.717) is 5.56 Å². The molecule has 0 saturated heterocycles. The summed E-state index contributed by atoms with van der Waals surface area (Å²) < 4.78 is 36.2. The number of carboxylic acid groups (broad SMARTS) is 1. The van der Waals surface area contributed by atoms with Crippen molar-refractivity contribution in [2.24, 2.45) is 0 Å². The van der Waals surface area contributed by atoms with Crippen molar-refractivity contribution >= 4 is 64.5 Å². The summed E-state index contributed by atoms with van der Waals surface area (Å²) in [5.41, 5.74) is 0.671. The molecule has 0 spiro atoms. The van der Waals surface area contributed by atoms with Gasteiger partial charge in [-0.05, 0) is 5.56 Å². The zero-order valence-corrected chi connectivity index (χ0v) is 9.02. The van der Waals surface area contributed by atoms with Crippen molar-refractivity contribution in [2.75, 3.05) is 6.54 Å². The number of rotatable bonds is 5. The molecule has 0 aliphatic rings. The van der Waals surface area contributed by atoms with Gasteiger partial charge in [0.1, 0.15) is 0 Å². The molecule has 0 bridgehead atoms. The van der Waals surface area contributed by atoms with Crippen LogP contribution in [0.2, 0.25) is 6.32 Å². The fraction of sp³-hybridized carbons (Fsp3) is 0.300. The van der Waals surface area contributed by atoms with Crippen LogP contribution in [0.5, 0.6) is 0 Å². The Bertz CT molecular complexity index is 375. The minimum absolute atomic E-state index is 0. The topological polar surface area (TPSA) is 40.5 Å². The SMILES string of the molecule is O=C(O)N(CC[B-](F)(F)F)Cc1ccccc1.[KH]. The van der Waals surface area contributed by atoms with Crippen LogP contribution in [0.3, 0.4) is 0 Å². The second-order valence-corrected chi connectivity index (χ2v) is 3.69. The van der Waals surface area contributed by atoms with E-state index in [1.807, 2.05) is 0 Å². The summed E-state index contributed by atoms with van der Waals surface area (Å²) in [5.74, 6) is 0. The first kappa shape index (κ1) is 18.0.